The van der Waals surface area contributed by atoms with Crippen LogP contribution in [-0.4, -0.2) is 24.0 Å². The minimum atomic E-state index is 0.0163. The topological polar surface area (TPSA) is 32.3 Å². The summed E-state index contributed by atoms with van der Waals surface area (Å²) < 4.78 is 0. The van der Waals surface area contributed by atoms with E-state index in [9.17, 15) is 4.79 Å². The van der Waals surface area contributed by atoms with Crippen molar-refractivity contribution in [1.82, 2.24) is 4.90 Å². The molecule has 3 heteroatoms. The first kappa shape index (κ1) is 15.9. The van der Waals surface area contributed by atoms with Crippen molar-refractivity contribution < 1.29 is 4.79 Å². The van der Waals surface area contributed by atoms with E-state index in [0.29, 0.717) is 12.0 Å². The molecule has 0 radical (unpaired) electrons. The maximum absolute atomic E-state index is 12.5. The number of rotatable bonds is 3. The predicted octanol–water partition coefficient (Wildman–Crippen LogP) is 4.85. The van der Waals surface area contributed by atoms with Crippen LogP contribution >= 0.6 is 0 Å². The van der Waals surface area contributed by atoms with E-state index in [-0.39, 0.29) is 6.03 Å². The van der Waals surface area contributed by atoms with Gasteiger partial charge in [-0.1, -0.05) is 39.0 Å². The highest BCUT2D eigenvalue weighted by molar-refractivity contribution is 5.90. The fraction of sp³-hybridized carbons (Fsp3) is 0.611. The smallest absolute Gasteiger partial charge is 0.321 e. The third-order valence-electron chi connectivity index (χ3n) is 4.68. The fourth-order valence-corrected chi connectivity index (χ4v) is 3.11. The van der Waals surface area contributed by atoms with Crippen LogP contribution in [0.3, 0.4) is 0 Å². The molecular weight excluding hydrogens is 260 g/mol. The van der Waals surface area contributed by atoms with Crippen LogP contribution in [-0.2, 0) is 0 Å². The van der Waals surface area contributed by atoms with E-state index in [2.05, 4.69) is 32.2 Å². The van der Waals surface area contributed by atoms with Crippen LogP contribution in [0, 0.1) is 5.92 Å². The molecule has 1 aliphatic carbocycles. The molecule has 0 aromatic heterocycles. The number of carbonyl (C=O) groups is 1. The van der Waals surface area contributed by atoms with Gasteiger partial charge in [-0.15, -0.1) is 0 Å². The van der Waals surface area contributed by atoms with Crippen molar-refractivity contribution in [2.45, 2.75) is 58.4 Å². The lowest BCUT2D eigenvalue weighted by Crippen LogP contribution is -2.41. The molecule has 0 unspecified atom stereocenters. The number of urea groups is 1. The molecule has 2 amide bonds. The van der Waals surface area contributed by atoms with Crippen LogP contribution in [0.25, 0.3) is 0 Å². The lowest BCUT2D eigenvalue weighted by Gasteiger charge is -2.33. The van der Waals surface area contributed by atoms with Crippen LogP contribution in [0.1, 0.15) is 57.9 Å². The number of benzene rings is 1. The van der Waals surface area contributed by atoms with Crippen molar-refractivity contribution >= 4 is 11.7 Å². The second-order valence-corrected chi connectivity index (χ2v) is 6.70. The van der Waals surface area contributed by atoms with E-state index >= 15 is 0 Å². The molecule has 0 spiro atoms. The number of amides is 2. The highest BCUT2D eigenvalue weighted by Gasteiger charge is 2.25. The van der Waals surface area contributed by atoms with Crippen LogP contribution in [0.5, 0.6) is 0 Å². The Morgan fingerprint density at radius 2 is 1.81 bits per heavy atom. The zero-order chi connectivity index (χ0) is 15.4. The zero-order valence-electron chi connectivity index (χ0n) is 13.7. The second kappa shape index (κ2) is 6.97. The van der Waals surface area contributed by atoms with Crippen molar-refractivity contribution in [3.05, 3.63) is 29.8 Å². The minimum absolute atomic E-state index is 0.0163. The zero-order valence-corrected chi connectivity index (χ0v) is 13.7. The van der Waals surface area contributed by atoms with Crippen molar-refractivity contribution in [2.24, 2.45) is 5.92 Å². The summed E-state index contributed by atoms with van der Waals surface area (Å²) in [4.78, 5) is 14.4. The van der Waals surface area contributed by atoms with Gasteiger partial charge in [-0.05, 0) is 49.1 Å². The SMILES string of the molecule is CC1CCC(N(C)C(=O)Nc2ccccc2C(C)C)CC1. The van der Waals surface area contributed by atoms with E-state index in [1.54, 1.807) is 0 Å². The maximum atomic E-state index is 12.5. The number of para-hydroxylation sites is 1. The summed E-state index contributed by atoms with van der Waals surface area (Å²) in [5, 5.41) is 3.09. The summed E-state index contributed by atoms with van der Waals surface area (Å²) in [5.41, 5.74) is 2.13. The largest absolute Gasteiger partial charge is 0.325 e. The Hall–Kier alpha value is -1.51. The number of hydrogen-bond acceptors (Lipinski definition) is 1. The third kappa shape index (κ3) is 3.99. The van der Waals surface area contributed by atoms with Gasteiger partial charge in [0.2, 0.25) is 0 Å². The lowest BCUT2D eigenvalue weighted by molar-refractivity contribution is 0.175. The first-order valence-corrected chi connectivity index (χ1v) is 8.11. The molecule has 0 bridgehead atoms. The summed E-state index contributed by atoms with van der Waals surface area (Å²) in [6.45, 7) is 6.60. The molecule has 3 nitrogen and oxygen atoms in total. The Labute approximate surface area is 128 Å². The second-order valence-electron chi connectivity index (χ2n) is 6.70. The molecule has 2 rings (SSSR count). The average Bonchev–Trinajstić information content (AvgIpc) is 2.47. The minimum Gasteiger partial charge on any atom is -0.325 e. The van der Waals surface area contributed by atoms with Crippen LogP contribution in [0.2, 0.25) is 0 Å². The molecule has 1 fully saturated rings. The lowest BCUT2D eigenvalue weighted by atomic mass is 9.87. The van der Waals surface area contributed by atoms with Gasteiger partial charge in [-0.3, -0.25) is 0 Å². The van der Waals surface area contributed by atoms with Gasteiger partial charge in [-0.2, -0.15) is 0 Å². The Bertz CT molecular complexity index is 476. The Morgan fingerprint density at radius 3 is 2.43 bits per heavy atom. The highest BCUT2D eigenvalue weighted by Crippen LogP contribution is 2.28. The van der Waals surface area contributed by atoms with Crippen molar-refractivity contribution in [3.63, 3.8) is 0 Å². The van der Waals surface area contributed by atoms with Crippen LogP contribution in [0.4, 0.5) is 10.5 Å². The molecule has 1 saturated carbocycles. The molecule has 0 saturated heterocycles. The van der Waals surface area contributed by atoms with Gasteiger partial charge >= 0.3 is 6.03 Å². The molecule has 1 N–H and O–H groups in total. The molecule has 116 valence electrons. The maximum Gasteiger partial charge on any atom is 0.321 e. The average molecular weight is 288 g/mol. The molecular formula is C18H28N2O. The summed E-state index contributed by atoms with van der Waals surface area (Å²) in [6.07, 6.45) is 4.70. The Morgan fingerprint density at radius 1 is 1.19 bits per heavy atom. The molecule has 1 aromatic carbocycles. The predicted molar refractivity (Wildman–Crippen MR) is 88.7 cm³/mol. The van der Waals surface area contributed by atoms with Crippen LogP contribution in [0.15, 0.2) is 24.3 Å². The monoisotopic (exact) mass is 288 g/mol. The first-order valence-electron chi connectivity index (χ1n) is 8.11. The number of carbonyl (C=O) groups excluding carboxylic acids is 1. The number of nitrogens with one attached hydrogen (secondary N) is 1. The number of hydrogen-bond donors (Lipinski definition) is 1. The van der Waals surface area contributed by atoms with E-state index in [1.807, 2.05) is 30.1 Å². The summed E-state index contributed by atoms with van der Waals surface area (Å²) >= 11 is 0. The van der Waals surface area contributed by atoms with Gasteiger partial charge in [-0.25, -0.2) is 4.79 Å². The van der Waals surface area contributed by atoms with Gasteiger partial charge in [0.1, 0.15) is 0 Å². The van der Waals surface area contributed by atoms with Crippen molar-refractivity contribution in [3.8, 4) is 0 Å². The molecule has 1 aliphatic rings. The van der Waals surface area contributed by atoms with Gasteiger partial charge in [0.15, 0.2) is 0 Å². The molecule has 21 heavy (non-hydrogen) atoms. The fourth-order valence-electron chi connectivity index (χ4n) is 3.11. The number of anilines is 1. The number of nitrogens with zero attached hydrogens (tertiary/aromatic N) is 1. The Kier molecular flexibility index (Phi) is 5.27. The highest BCUT2D eigenvalue weighted by atomic mass is 16.2. The Balaban J connectivity index is 2.01. The van der Waals surface area contributed by atoms with Crippen molar-refractivity contribution in [2.75, 3.05) is 12.4 Å². The van der Waals surface area contributed by atoms with Gasteiger partial charge in [0.05, 0.1) is 0 Å². The summed E-state index contributed by atoms with van der Waals surface area (Å²) in [7, 11) is 1.92. The van der Waals surface area contributed by atoms with Crippen LogP contribution < -0.4 is 5.32 Å². The summed E-state index contributed by atoms with van der Waals surface area (Å²) in [5.74, 6) is 1.21. The van der Waals surface area contributed by atoms with Gasteiger partial charge < -0.3 is 10.2 Å². The molecule has 0 aliphatic heterocycles. The standard InChI is InChI=1S/C18H28N2O/c1-13(2)16-7-5-6-8-17(16)19-18(21)20(4)15-11-9-14(3)10-12-15/h5-8,13-15H,9-12H2,1-4H3,(H,19,21). The van der Waals surface area contributed by atoms with Gasteiger partial charge in [0, 0.05) is 18.8 Å². The third-order valence-corrected chi connectivity index (χ3v) is 4.68. The molecule has 0 atom stereocenters. The van der Waals surface area contributed by atoms with E-state index in [4.69, 9.17) is 0 Å². The van der Waals surface area contributed by atoms with E-state index < -0.39 is 0 Å². The quantitative estimate of drug-likeness (QED) is 0.847. The molecule has 1 aromatic rings. The van der Waals surface area contributed by atoms with E-state index in [1.165, 1.54) is 18.4 Å². The van der Waals surface area contributed by atoms with Crippen molar-refractivity contribution in [1.29, 1.82) is 0 Å². The van der Waals surface area contributed by atoms with E-state index in [0.717, 1.165) is 24.4 Å². The van der Waals surface area contributed by atoms with Gasteiger partial charge in [0.25, 0.3) is 0 Å². The first-order chi connectivity index (χ1) is 9.99. The normalized spacial score (nSPS) is 22.1. The summed E-state index contributed by atoms with van der Waals surface area (Å²) in [6, 6.07) is 8.48. The molecule has 0 heterocycles.